The molecule has 1 aromatic heterocycles. The van der Waals surface area contributed by atoms with E-state index in [0.29, 0.717) is 5.75 Å². The maximum absolute atomic E-state index is 13.2. The molecule has 1 atom stereocenters. The van der Waals surface area contributed by atoms with Gasteiger partial charge in [-0.2, -0.15) is 0 Å². The van der Waals surface area contributed by atoms with Crippen molar-refractivity contribution in [2.24, 2.45) is 0 Å². The first-order chi connectivity index (χ1) is 12.7. The van der Waals surface area contributed by atoms with Crippen LogP contribution in [0.15, 0.2) is 63.8 Å². The van der Waals surface area contributed by atoms with Gasteiger partial charge in [0.2, 0.25) is 5.91 Å². The van der Waals surface area contributed by atoms with Crippen LogP contribution >= 0.6 is 34.9 Å². The third-order valence-corrected chi connectivity index (χ3v) is 7.21. The number of amides is 1. The zero-order valence-corrected chi connectivity index (χ0v) is 16.6. The number of hydrogen-bond donors (Lipinski definition) is 0. The van der Waals surface area contributed by atoms with Crippen molar-refractivity contribution in [1.82, 2.24) is 10.2 Å². The molecule has 4 rings (SSSR count). The van der Waals surface area contributed by atoms with Crippen LogP contribution in [0.3, 0.4) is 0 Å². The molecule has 0 saturated heterocycles. The fourth-order valence-corrected chi connectivity index (χ4v) is 5.79. The molecule has 2 aromatic carbocycles. The summed E-state index contributed by atoms with van der Waals surface area (Å²) in [7, 11) is 0. The summed E-state index contributed by atoms with van der Waals surface area (Å²) in [6.07, 6.45) is 0. The van der Waals surface area contributed by atoms with E-state index in [2.05, 4.69) is 28.4 Å². The standard InChI is InChI=1S/C19H17N3OS3/c1-13-20-21-19(26-13)25-12-18(23)22-15-9-5-6-10-17(15)24-11-16(22)14-7-3-2-4-8-14/h2-10,16H,11-12H2,1H3/t16-/m0/s1. The highest BCUT2D eigenvalue weighted by molar-refractivity contribution is 8.01. The van der Waals surface area contributed by atoms with Gasteiger partial charge in [-0.1, -0.05) is 65.6 Å². The predicted octanol–water partition coefficient (Wildman–Crippen LogP) is 4.82. The number of para-hydroxylation sites is 1. The Hall–Kier alpha value is -1.83. The van der Waals surface area contributed by atoms with E-state index in [9.17, 15) is 4.79 Å². The molecule has 132 valence electrons. The number of aryl methyl sites for hydroxylation is 1. The van der Waals surface area contributed by atoms with Crippen molar-refractivity contribution in [2.45, 2.75) is 22.2 Å². The normalized spacial score (nSPS) is 16.3. The molecule has 0 bridgehead atoms. The lowest BCUT2D eigenvalue weighted by Crippen LogP contribution is -2.39. The zero-order valence-electron chi connectivity index (χ0n) is 14.2. The first-order valence-electron chi connectivity index (χ1n) is 8.24. The highest BCUT2D eigenvalue weighted by Gasteiger charge is 2.32. The van der Waals surface area contributed by atoms with Gasteiger partial charge in [-0.05, 0) is 24.6 Å². The lowest BCUT2D eigenvalue weighted by molar-refractivity contribution is -0.116. The van der Waals surface area contributed by atoms with E-state index in [4.69, 9.17) is 0 Å². The summed E-state index contributed by atoms with van der Waals surface area (Å²) in [6.45, 7) is 1.92. The van der Waals surface area contributed by atoms with E-state index in [1.54, 1.807) is 0 Å². The quantitative estimate of drug-likeness (QED) is 0.589. The molecular formula is C19H17N3OS3. The van der Waals surface area contributed by atoms with Crippen LogP contribution in [0.2, 0.25) is 0 Å². The fourth-order valence-electron chi connectivity index (χ4n) is 2.95. The minimum Gasteiger partial charge on any atom is -0.302 e. The molecular weight excluding hydrogens is 382 g/mol. The summed E-state index contributed by atoms with van der Waals surface area (Å²) in [6, 6.07) is 18.4. The predicted molar refractivity (Wildman–Crippen MR) is 109 cm³/mol. The molecule has 0 spiro atoms. The van der Waals surface area contributed by atoms with Crippen LogP contribution in [0.1, 0.15) is 16.6 Å². The highest BCUT2D eigenvalue weighted by atomic mass is 32.2. The largest absolute Gasteiger partial charge is 0.302 e. The van der Waals surface area contributed by atoms with E-state index in [1.165, 1.54) is 28.7 Å². The summed E-state index contributed by atoms with van der Waals surface area (Å²) in [5.74, 6) is 1.32. The van der Waals surface area contributed by atoms with Gasteiger partial charge in [0.25, 0.3) is 0 Å². The first kappa shape index (κ1) is 17.6. The van der Waals surface area contributed by atoms with Crippen LogP contribution < -0.4 is 4.90 Å². The van der Waals surface area contributed by atoms with E-state index in [1.807, 2.05) is 60.0 Å². The molecule has 7 heteroatoms. The van der Waals surface area contributed by atoms with Crippen molar-refractivity contribution >= 4 is 46.5 Å². The van der Waals surface area contributed by atoms with Crippen LogP contribution in [0.4, 0.5) is 5.69 Å². The summed E-state index contributed by atoms with van der Waals surface area (Å²) in [5, 5.41) is 9.05. The maximum atomic E-state index is 13.2. The summed E-state index contributed by atoms with van der Waals surface area (Å²) < 4.78 is 0.840. The smallest absolute Gasteiger partial charge is 0.238 e. The molecule has 1 amide bonds. The Labute approximate surface area is 165 Å². The Bertz CT molecular complexity index is 913. The number of carbonyl (C=O) groups is 1. The van der Waals surface area contributed by atoms with Crippen molar-refractivity contribution in [3.8, 4) is 0 Å². The third-order valence-electron chi connectivity index (χ3n) is 4.11. The van der Waals surface area contributed by atoms with Gasteiger partial charge < -0.3 is 4.90 Å². The van der Waals surface area contributed by atoms with Gasteiger partial charge >= 0.3 is 0 Å². The van der Waals surface area contributed by atoms with Crippen molar-refractivity contribution in [2.75, 3.05) is 16.4 Å². The van der Waals surface area contributed by atoms with Crippen LogP contribution in [-0.2, 0) is 4.79 Å². The molecule has 0 N–H and O–H groups in total. The second-order valence-electron chi connectivity index (χ2n) is 5.84. The van der Waals surface area contributed by atoms with Gasteiger partial charge in [0.05, 0.1) is 17.5 Å². The molecule has 26 heavy (non-hydrogen) atoms. The van der Waals surface area contributed by atoms with Crippen molar-refractivity contribution in [3.05, 3.63) is 65.2 Å². The van der Waals surface area contributed by atoms with E-state index in [0.717, 1.165) is 25.7 Å². The zero-order chi connectivity index (χ0) is 17.9. The minimum atomic E-state index is 0.0420. The Morgan fingerprint density at radius 2 is 1.92 bits per heavy atom. The number of carbonyl (C=O) groups excluding carboxylic acids is 1. The molecule has 0 saturated carbocycles. The lowest BCUT2D eigenvalue weighted by atomic mass is 10.1. The number of aromatic nitrogens is 2. The van der Waals surface area contributed by atoms with Crippen molar-refractivity contribution < 1.29 is 4.79 Å². The summed E-state index contributed by atoms with van der Waals surface area (Å²) in [4.78, 5) is 16.3. The lowest BCUT2D eigenvalue weighted by Gasteiger charge is -2.37. The van der Waals surface area contributed by atoms with Gasteiger partial charge in [-0.25, -0.2) is 0 Å². The van der Waals surface area contributed by atoms with Gasteiger partial charge in [0, 0.05) is 10.6 Å². The number of benzene rings is 2. The topological polar surface area (TPSA) is 46.1 Å². The number of anilines is 1. The third kappa shape index (κ3) is 3.65. The molecule has 0 fully saturated rings. The Kier molecular flexibility index (Phi) is 5.28. The first-order valence-corrected chi connectivity index (χ1v) is 11.0. The second kappa shape index (κ2) is 7.82. The van der Waals surface area contributed by atoms with E-state index < -0.39 is 0 Å². The molecule has 4 nitrogen and oxygen atoms in total. The summed E-state index contributed by atoms with van der Waals surface area (Å²) >= 11 is 4.80. The number of thioether (sulfide) groups is 2. The fraction of sp³-hybridized carbons (Fsp3) is 0.211. The highest BCUT2D eigenvalue weighted by Crippen LogP contribution is 2.43. The van der Waals surface area contributed by atoms with Gasteiger partial charge in [0.1, 0.15) is 5.01 Å². The summed E-state index contributed by atoms with van der Waals surface area (Å²) in [5.41, 5.74) is 2.16. The molecule has 1 aliphatic heterocycles. The average molecular weight is 400 g/mol. The van der Waals surface area contributed by atoms with Gasteiger partial charge in [-0.15, -0.1) is 22.0 Å². The SMILES string of the molecule is Cc1nnc(SCC(=O)N2c3ccccc3SC[C@H]2c2ccccc2)s1. The Balaban J connectivity index is 1.62. The number of hydrogen-bond acceptors (Lipinski definition) is 6. The minimum absolute atomic E-state index is 0.0420. The van der Waals surface area contributed by atoms with E-state index in [-0.39, 0.29) is 11.9 Å². The molecule has 2 heterocycles. The molecule has 3 aromatic rings. The van der Waals surface area contributed by atoms with Crippen molar-refractivity contribution in [1.29, 1.82) is 0 Å². The van der Waals surface area contributed by atoms with Crippen LogP contribution in [0.5, 0.6) is 0 Å². The number of nitrogens with zero attached hydrogens (tertiary/aromatic N) is 3. The molecule has 0 aliphatic carbocycles. The van der Waals surface area contributed by atoms with E-state index >= 15 is 0 Å². The maximum Gasteiger partial charge on any atom is 0.238 e. The number of rotatable bonds is 4. The molecule has 1 aliphatic rings. The molecule has 0 radical (unpaired) electrons. The number of fused-ring (bicyclic) bond motifs is 1. The van der Waals surface area contributed by atoms with Crippen LogP contribution in [0.25, 0.3) is 0 Å². The monoisotopic (exact) mass is 399 g/mol. The van der Waals surface area contributed by atoms with Crippen LogP contribution in [0, 0.1) is 6.92 Å². The second-order valence-corrected chi connectivity index (χ2v) is 9.31. The Morgan fingerprint density at radius 1 is 1.15 bits per heavy atom. The van der Waals surface area contributed by atoms with Crippen LogP contribution in [-0.4, -0.2) is 27.6 Å². The Morgan fingerprint density at radius 3 is 2.69 bits per heavy atom. The average Bonchev–Trinajstić information content (AvgIpc) is 3.11. The van der Waals surface area contributed by atoms with Gasteiger partial charge in [0.15, 0.2) is 4.34 Å². The van der Waals surface area contributed by atoms with Crippen molar-refractivity contribution in [3.63, 3.8) is 0 Å². The van der Waals surface area contributed by atoms with Gasteiger partial charge in [-0.3, -0.25) is 4.79 Å². The molecule has 0 unspecified atom stereocenters.